The smallest absolute Gasteiger partial charge is 0.261 e. The van der Waals surface area contributed by atoms with Gasteiger partial charge in [-0.1, -0.05) is 23.2 Å². The van der Waals surface area contributed by atoms with Crippen molar-refractivity contribution < 1.29 is 9.59 Å². The van der Waals surface area contributed by atoms with Crippen LogP contribution in [0, 0.1) is 0 Å². The lowest BCUT2D eigenvalue weighted by Gasteiger charge is -2.13. The van der Waals surface area contributed by atoms with E-state index < -0.39 is 0 Å². The van der Waals surface area contributed by atoms with Crippen LogP contribution in [-0.2, 0) is 0 Å². The SMILES string of the molecule is C[C@@H](CNC(=O)c1ccc(Cl)s1)NC(=O)c1ccc(Cl)s1. The first-order valence-electron chi connectivity index (χ1n) is 6.05. The van der Waals surface area contributed by atoms with Crippen molar-refractivity contribution in [3.8, 4) is 0 Å². The molecule has 0 saturated carbocycles. The predicted molar refractivity (Wildman–Crippen MR) is 87.9 cm³/mol. The molecule has 0 unspecified atom stereocenters. The zero-order chi connectivity index (χ0) is 15.4. The Balaban J connectivity index is 1.80. The maximum atomic E-state index is 11.9. The molecule has 0 bridgehead atoms. The second kappa shape index (κ2) is 7.26. The molecule has 4 nitrogen and oxygen atoms in total. The topological polar surface area (TPSA) is 58.2 Å². The Morgan fingerprint density at radius 1 is 1.05 bits per heavy atom. The molecule has 0 spiro atoms. The number of nitrogens with one attached hydrogen (secondary N) is 2. The molecule has 0 aliphatic heterocycles. The maximum absolute atomic E-state index is 11.9. The molecular weight excluding hydrogens is 351 g/mol. The van der Waals surface area contributed by atoms with Gasteiger partial charge >= 0.3 is 0 Å². The highest BCUT2D eigenvalue weighted by atomic mass is 35.5. The van der Waals surface area contributed by atoms with Gasteiger partial charge in [-0.2, -0.15) is 0 Å². The van der Waals surface area contributed by atoms with Gasteiger partial charge in [-0.25, -0.2) is 0 Å². The van der Waals surface area contributed by atoms with E-state index in [2.05, 4.69) is 10.6 Å². The number of amides is 2. The normalized spacial score (nSPS) is 12.0. The van der Waals surface area contributed by atoms with Crippen LogP contribution in [0.3, 0.4) is 0 Å². The lowest BCUT2D eigenvalue weighted by molar-refractivity contribution is 0.0916. The number of thiophene rings is 2. The molecule has 2 N–H and O–H groups in total. The van der Waals surface area contributed by atoms with E-state index in [1.165, 1.54) is 22.7 Å². The third kappa shape index (κ3) is 4.71. The van der Waals surface area contributed by atoms with Crippen molar-refractivity contribution in [2.75, 3.05) is 6.54 Å². The van der Waals surface area contributed by atoms with Crippen molar-refractivity contribution in [3.63, 3.8) is 0 Å². The van der Waals surface area contributed by atoms with Crippen molar-refractivity contribution in [1.29, 1.82) is 0 Å². The summed E-state index contributed by atoms with van der Waals surface area (Å²) in [5, 5.41) is 5.55. The summed E-state index contributed by atoms with van der Waals surface area (Å²) in [5.41, 5.74) is 0. The molecule has 2 heterocycles. The Kier molecular flexibility index (Phi) is 5.64. The summed E-state index contributed by atoms with van der Waals surface area (Å²) in [7, 11) is 0. The fourth-order valence-electron chi connectivity index (χ4n) is 1.55. The Morgan fingerprint density at radius 3 is 2.05 bits per heavy atom. The molecule has 2 rings (SSSR count). The fourth-order valence-corrected chi connectivity index (χ4v) is 3.46. The van der Waals surface area contributed by atoms with Crippen LogP contribution in [0.15, 0.2) is 24.3 Å². The molecule has 0 aliphatic carbocycles. The van der Waals surface area contributed by atoms with Crippen LogP contribution in [0.2, 0.25) is 8.67 Å². The van der Waals surface area contributed by atoms with Crippen LogP contribution >= 0.6 is 45.9 Å². The summed E-state index contributed by atoms with van der Waals surface area (Å²) < 4.78 is 1.13. The quantitative estimate of drug-likeness (QED) is 0.852. The van der Waals surface area contributed by atoms with Crippen LogP contribution in [0.4, 0.5) is 0 Å². The van der Waals surface area contributed by atoms with Gasteiger partial charge in [-0.3, -0.25) is 9.59 Å². The van der Waals surface area contributed by atoms with Crippen molar-refractivity contribution in [2.45, 2.75) is 13.0 Å². The molecule has 2 amide bonds. The third-order valence-electron chi connectivity index (χ3n) is 2.54. The molecule has 0 aromatic carbocycles. The highest BCUT2D eigenvalue weighted by molar-refractivity contribution is 7.18. The van der Waals surface area contributed by atoms with Gasteiger partial charge in [0.15, 0.2) is 0 Å². The van der Waals surface area contributed by atoms with Gasteiger partial charge < -0.3 is 10.6 Å². The predicted octanol–water partition coefficient (Wildman–Crippen LogP) is 3.66. The minimum atomic E-state index is -0.202. The van der Waals surface area contributed by atoms with Gasteiger partial charge in [0.2, 0.25) is 0 Å². The highest BCUT2D eigenvalue weighted by Gasteiger charge is 2.14. The van der Waals surface area contributed by atoms with E-state index in [0.717, 1.165) is 0 Å². The summed E-state index contributed by atoms with van der Waals surface area (Å²) in [5.74, 6) is -0.403. The average molecular weight is 363 g/mol. The molecule has 8 heteroatoms. The van der Waals surface area contributed by atoms with E-state index in [1.807, 2.05) is 6.92 Å². The zero-order valence-corrected chi connectivity index (χ0v) is 14.1. The molecule has 0 radical (unpaired) electrons. The van der Waals surface area contributed by atoms with Gasteiger partial charge in [0, 0.05) is 12.6 Å². The number of halogens is 2. The van der Waals surface area contributed by atoms with Crippen LogP contribution in [-0.4, -0.2) is 24.4 Å². The Labute approximate surface area is 140 Å². The lowest BCUT2D eigenvalue weighted by atomic mass is 10.3. The van der Waals surface area contributed by atoms with Gasteiger partial charge in [-0.15, -0.1) is 22.7 Å². The first-order chi connectivity index (χ1) is 9.95. The van der Waals surface area contributed by atoms with E-state index in [0.29, 0.717) is 25.0 Å². The van der Waals surface area contributed by atoms with Crippen molar-refractivity contribution in [1.82, 2.24) is 10.6 Å². The van der Waals surface area contributed by atoms with E-state index in [1.54, 1.807) is 24.3 Å². The molecule has 1 atom stereocenters. The molecule has 112 valence electrons. The van der Waals surface area contributed by atoms with Crippen LogP contribution in [0.1, 0.15) is 26.3 Å². The molecule has 0 saturated heterocycles. The highest BCUT2D eigenvalue weighted by Crippen LogP contribution is 2.22. The minimum Gasteiger partial charge on any atom is -0.349 e. The number of carbonyl (C=O) groups is 2. The zero-order valence-electron chi connectivity index (χ0n) is 11.0. The number of hydrogen-bond donors (Lipinski definition) is 2. The second-order valence-corrected chi connectivity index (χ2v) is 7.72. The lowest BCUT2D eigenvalue weighted by Crippen LogP contribution is -2.41. The second-order valence-electron chi connectivity index (χ2n) is 4.29. The van der Waals surface area contributed by atoms with Gasteiger partial charge in [0.25, 0.3) is 11.8 Å². The van der Waals surface area contributed by atoms with Gasteiger partial charge in [-0.05, 0) is 31.2 Å². The van der Waals surface area contributed by atoms with E-state index in [4.69, 9.17) is 23.2 Å². The van der Waals surface area contributed by atoms with Crippen LogP contribution in [0.25, 0.3) is 0 Å². The molecule has 21 heavy (non-hydrogen) atoms. The minimum absolute atomic E-state index is 0.197. The van der Waals surface area contributed by atoms with Crippen LogP contribution < -0.4 is 10.6 Å². The summed E-state index contributed by atoms with van der Waals surface area (Å²) in [6.07, 6.45) is 0. The first-order valence-corrected chi connectivity index (χ1v) is 8.44. The van der Waals surface area contributed by atoms with Crippen molar-refractivity contribution in [3.05, 3.63) is 42.7 Å². The maximum Gasteiger partial charge on any atom is 0.261 e. The monoisotopic (exact) mass is 362 g/mol. The summed E-state index contributed by atoms with van der Waals surface area (Å²) >= 11 is 14.0. The largest absolute Gasteiger partial charge is 0.349 e. The third-order valence-corrected chi connectivity index (χ3v) is 5.00. The molecule has 0 aliphatic rings. The molecule has 2 aromatic rings. The fraction of sp³-hybridized carbons (Fsp3) is 0.231. The summed E-state index contributed by atoms with van der Waals surface area (Å²) in [6, 6.07) is 6.49. The van der Waals surface area contributed by atoms with Gasteiger partial charge in [0.05, 0.1) is 18.4 Å². The summed E-state index contributed by atoms with van der Waals surface area (Å²) in [6.45, 7) is 2.15. The number of rotatable bonds is 5. The number of hydrogen-bond acceptors (Lipinski definition) is 4. The van der Waals surface area contributed by atoms with Crippen LogP contribution in [0.5, 0.6) is 0 Å². The number of carbonyl (C=O) groups excluding carboxylic acids is 2. The van der Waals surface area contributed by atoms with E-state index in [-0.39, 0.29) is 17.9 Å². The molecule has 2 aromatic heterocycles. The Bertz CT molecular complexity index is 654. The van der Waals surface area contributed by atoms with Crippen molar-refractivity contribution in [2.24, 2.45) is 0 Å². The van der Waals surface area contributed by atoms with Gasteiger partial charge in [0.1, 0.15) is 0 Å². The van der Waals surface area contributed by atoms with E-state index in [9.17, 15) is 9.59 Å². The molecule has 0 fully saturated rings. The first kappa shape index (κ1) is 16.3. The van der Waals surface area contributed by atoms with E-state index >= 15 is 0 Å². The molecular formula is C13H12Cl2N2O2S2. The summed E-state index contributed by atoms with van der Waals surface area (Å²) in [4.78, 5) is 24.8. The van der Waals surface area contributed by atoms with Crippen molar-refractivity contribution >= 4 is 57.7 Å². The Morgan fingerprint density at radius 2 is 1.57 bits per heavy atom. The standard InChI is InChI=1S/C13H12Cl2N2O2S2/c1-7(17-13(19)9-3-5-11(15)21-9)6-16-12(18)8-2-4-10(14)20-8/h2-5,7H,6H2,1H3,(H,16,18)(H,17,19)/t7-/m0/s1. The Hall–Kier alpha value is -1.08. The average Bonchev–Trinajstić information content (AvgIpc) is 3.04.